The van der Waals surface area contributed by atoms with E-state index in [0.717, 1.165) is 44.2 Å². The molecule has 40 heavy (non-hydrogen) atoms. The lowest BCUT2D eigenvalue weighted by atomic mass is 9.97. The lowest BCUT2D eigenvalue weighted by Crippen LogP contribution is -2.38. The molecule has 208 valence electrons. The summed E-state index contributed by atoms with van der Waals surface area (Å²) in [7, 11) is 3.14. The Kier molecular flexibility index (Phi) is 8.56. The summed E-state index contributed by atoms with van der Waals surface area (Å²) in [6.07, 6.45) is 5.14. The second-order valence-corrected chi connectivity index (χ2v) is 10.4. The van der Waals surface area contributed by atoms with Crippen molar-refractivity contribution in [3.05, 3.63) is 64.7 Å². The molecule has 4 heterocycles. The van der Waals surface area contributed by atoms with Crippen molar-refractivity contribution in [1.29, 1.82) is 0 Å². The van der Waals surface area contributed by atoms with Gasteiger partial charge in [0, 0.05) is 43.5 Å². The van der Waals surface area contributed by atoms with Crippen molar-refractivity contribution in [2.45, 2.75) is 19.4 Å². The number of pyridine rings is 1. The van der Waals surface area contributed by atoms with E-state index in [9.17, 15) is 14.0 Å². The molecule has 0 bridgehead atoms. The molecule has 1 aromatic carbocycles. The van der Waals surface area contributed by atoms with Gasteiger partial charge in [-0.1, -0.05) is 0 Å². The van der Waals surface area contributed by atoms with E-state index in [1.165, 1.54) is 12.1 Å². The molecule has 0 aliphatic carbocycles. The van der Waals surface area contributed by atoms with E-state index >= 15 is 0 Å². The summed E-state index contributed by atoms with van der Waals surface area (Å²) < 4.78 is 25.2. The minimum atomic E-state index is -0.409. The minimum Gasteiger partial charge on any atom is -0.497 e. The van der Waals surface area contributed by atoms with Crippen molar-refractivity contribution in [1.82, 2.24) is 25.6 Å². The highest BCUT2D eigenvalue weighted by molar-refractivity contribution is 8.18. The number of imide groups is 1. The number of nitrogens with one attached hydrogen (secondary N) is 2. The summed E-state index contributed by atoms with van der Waals surface area (Å²) in [6, 6.07) is 9.91. The van der Waals surface area contributed by atoms with Crippen LogP contribution in [0.1, 0.15) is 24.2 Å². The average molecular weight is 565 g/mol. The predicted octanol–water partition coefficient (Wildman–Crippen LogP) is 4.03. The zero-order chi connectivity index (χ0) is 28.1. The second-order valence-electron chi connectivity index (χ2n) is 9.42. The Labute approximate surface area is 235 Å². The van der Waals surface area contributed by atoms with Crippen LogP contribution in [-0.4, -0.2) is 60.0 Å². The summed E-state index contributed by atoms with van der Waals surface area (Å²) in [6.45, 7) is 2.80. The fourth-order valence-electron chi connectivity index (χ4n) is 4.68. The number of rotatable bonds is 9. The summed E-state index contributed by atoms with van der Waals surface area (Å²) in [4.78, 5) is 39.3. The number of halogens is 1. The number of nitrogens with zero attached hydrogens (tertiary/aromatic N) is 4. The molecule has 5 rings (SSSR count). The van der Waals surface area contributed by atoms with E-state index in [1.54, 1.807) is 44.7 Å². The number of benzene rings is 1. The monoisotopic (exact) mass is 564 g/mol. The molecule has 2 fully saturated rings. The highest BCUT2D eigenvalue weighted by atomic mass is 32.2. The van der Waals surface area contributed by atoms with Crippen LogP contribution in [-0.2, 0) is 11.3 Å². The number of thioether (sulfide) groups is 1. The third-order valence-electron chi connectivity index (χ3n) is 6.75. The molecule has 0 saturated carbocycles. The van der Waals surface area contributed by atoms with Crippen LogP contribution in [0.3, 0.4) is 0 Å². The average Bonchev–Trinajstić information content (AvgIpc) is 3.28. The Morgan fingerprint density at radius 2 is 1.95 bits per heavy atom. The summed E-state index contributed by atoms with van der Waals surface area (Å²) in [5.74, 6) is 1.49. The molecule has 2 aromatic heterocycles. The van der Waals surface area contributed by atoms with Gasteiger partial charge < -0.3 is 19.7 Å². The Morgan fingerprint density at radius 3 is 2.67 bits per heavy atom. The van der Waals surface area contributed by atoms with Crippen LogP contribution in [0, 0.1) is 11.7 Å². The van der Waals surface area contributed by atoms with Crippen LogP contribution in [0.15, 0.2) is 47.5 Å². The van der Waals surface area contributed by atoms with Crippen molar-refractivity contribution in [3.8, 4) is 22.8 Å². The highest BCUT2D eigenvalue weighted by Gasteiger charge is 2.26. The molecular weight excluding hydrogens is 535 g/mol. The summed E-state index contributed by atoms with van der Waals surface area (Å²) in [5, 5.41) is 5.29. The fourth-order valence-corrected chi connectivity index (χ4v) is 5.35. The van der Waals surface area contributed by atoms with Gasteiger partial charge in [-0.05, 0) is 67.4 Å². The van der Waals surface area contributed by atoms with E-state index in [4.69, 9.17) is 9.47 Å². The number of piperidine rings is 1. The van der Waals surface area contributed by atoms with Gasteiger partial charge in [0.2, 0.25) is 5.95 Å². The van der Waals surface area contributed by atoms with Crippen LogP contribution in [0.2, 0.25) is 0 Å². The number of hydrogen-bond donors (Lipinski definition) is 2. The normalized spacial score (nSPS) is 16.9. The first-order valence-corrected chi connectivity index (χ1v) is 13.7. The predicted molar refractivity (Wildman–Crippen MR) is 151 cm³/mol. The Hall–Kier alpha value is -4.03. The smallest absolute Gasteiger partial charge is 0.290 e. The molecule has 2 amide bonds. The minimum absolute atomic E-state index is 0.322. The molecule has 3 aromatic rings. The molecule has 2 saturated heterocycles. The van der Waals surface area contributed by atoms with Crippen molar-refractivity contribution in [3.63, 3.8) is 0 Å². The number of ether oxygens (including phenoxy) is 2. The first-order valence-electron chi connectivity index (χ1n) is 12.8. The third kappa shape index (κ3) is 6.57. The van der Waals surface area contributed by atoms with Crippen LogP contribution in [0.4, 0.5) is 15.1 Å². The molecule has 2 aliphatic rings. The third-order valence-corrected chi connectivity index (χ3v) is 7.56. The maximum absolute atomic E-state index is 14.5. The van der Waals surface area contributed by atoms with Crippen molar-refractivity contribution < 1.29 is 23.5 Å². The number of carbonyl (C=O) groups is 2. The summed E-state index contributed by atoms with van der Waals surface area (Å²) in [5.41, 5.74) is 2.38. The fraction of sp³-hybridized carbons (Fsp3) is 0.321. The van der Waals surface area contributed by atoms with Crippen molar-refractivity contribution in [2.75, 3.05) is 38.8 Å². The number of hydrogen-bond acceptors (Lipinski definition) is 10. The molecule has 2 N–H and O–H groups in total. The zero-order valence-electron chi connectivity index (χ0n) is 22.1. The quantitative estimate of drug-likeness (QED) is 0.369. The van der Waals surface area contributed by atoms with Gasteiger partial charge in [-0.3, -0.25) is 19.9 Å². The Morgan fingerprint density at radius 1 is 1.12 bits per heavy atom. The number of aromatic nitrogens is 3. The standard InChI is InChI=1S/C28H29FN6O4S/c1-38-21-3-4-22(24(14-21)39-2)23-12-18(29)11-20(32-23)16-30-15-17-6-9-35(10-7-17)27-31-8-5-19(33-27)13-25-26(36)34-28(37)40-25/h3-5,8,11-14,17,30H,6-7,9-10,15-16H2,1-2H3,(H,34,36,37)/b25-13+. The zero-order valence-corrected chi connectivity index (χ0v) is 23.0. The maximum atomic E-state index is 14.5. The molecule has 2 aliphatic heterocycles. The first-order chi connectivity index (χ1) is 19.4. The number of methoxy groups -OCH3 is 2. The molecule has 10 nitrogen and oxygen atoms in total. The van der Waals surface area contributed by atoms with Gasteiger partial charge in [-0.15, -0.1) is 0 Å². The Balaban J connectivity index is 1.15. The highest BCUT2D eigenvalue weighted by Crippen LogP contribution is 2.33. The molecule has 0 atom stereocenters. The van der Waals surface area contributed by atoms with E-state index in [2.05, 4.69) is 30.5 Å². The molecule has 12 heteroatoms. The second kappa shape index (κ2) is 12.4. The summed E-state index contributed by atoms with van der Waals surface area (Å²) >= 11 is 0.864. The van der Waals surface area contributed by atoms with E-state index in [1.807, 2.05) is 6.07 Å². The van der Waals surface area contributed by atoms with Crippen molar-refractivity contribution >= 4 is 34.9 Å². The van der Waals surface area contributed by atoms with Crippen LogP contribution < -0.4 is 25.0 Å². The van der Waals surface area contributed by atoms with Gasteiger partial charge in [0.15, 0.2) is 0 Å². The van der Waals surface area contributed by atoms with Crippen molar-refractivity contribution in [2.24, 2.45) is 5.92 Å². The van der Waals surface area contributed by atoms with Crippen LogP contribution >= 0.6 is 11.8 Å². The molecule has 0 spiro atoms. The maximum Gasteiger partial charge on any atom is 0.290 e. The SMILES string of the molecule is COc1ccc(-c2cc(F)cc(CNCC3CCN(c4nccc(/C=C5/SC(=O)NC5=O)n4)CC3)n2)c(OC)c1. The number of anilines is 1. The van der Waals surface area contributed by atoms with Gasteiger partial charge in [-0.25, -0.2) is 14.4 Å². The number of carbonyl (C=O) groups excluding carboxylic acids is 2. The van der Waals surface area contributed by atoms with Gasteiger partial charge in [0.05, 0.1) is 36.2 Å². The Bertz CT molecular complexity index is 1440. The van der Waals surface area contributed by atoms with E-state index in [-0.39, 0.29) is 11.1 Å². The van der Waals surface area contributed by atoms with E-state index in [0.29, 0.717) is 57.5 Å². The van der Waals surface area contributed by atoms with Gasteiger partial charge in [-0.2, -0.15) is 0 Å². The van der Waals surface area contributed by atoms with Gasteiger partial charge in [0.1, 0.15) is 17.3 Å². The lowest BCUT2D eigenvalue weighted by molar-refractivity contribution is -0.115. The first kappa shape index (κ1) is 27.5. The van der Waals surface area contributed by atoms with Gasteiger partial charge >= 0.3 is 0 Å². The topological polar surface area (TPSA) is 119 Å². The number of amides is 2. The molecule has 0 unspecified atom stereocenters. The van der Waals surface area contributed by atoms with Crippen LogP contribution in [0.5, 0.6) is 11.5 Å². The van der Waals surface area contributed by atoms with Gasteiger partial charge in [0.25, 0.3) is 11.1 Å². The van der Waals surface area contributed by atoms with Crippen LogP contribution in [0.25, 0.3) is 17.3 Å². The molecular formula is C28H29FN6O4S. The molecule has 0 radical (unpaired) electrons. The lowest BCUT2D eigenvalue weighted by Gasteiger charge is -2.32. The van der Waals surface area contributed by atoms with E-state index < -0.39 is 5.91 Å². The largest absolute Gasteiger partial charge is 0.497 e.